The van der Waals surface area contributed by atoms with Gasteiger partial charge in [-0.05, 0) is 32.2 Å². The molecular weight excluding hydrogens is 361 g/mol. The number of nitrogens with zero attached hydrogens (tertiary/aromatic N) is 4. The predicted molar refractivity (Wildman–Crippen MR) is 105 cm³/mol. The minimum Gasteiger partial charge on any atom is -0.355 e. The first-order valence-electron chi connectivity index (χ1n) is 8.81. The summed E-state index contributed by atoms with van der Waals surface area (Å²) in [6.07, 6.45) is 9.16. The molecule has 1 atom stereocenters. The molecule has 0 aliphatic carbocycles. The maximum absolute atomic E-state index is 13.0. The van der Waals surface area contributed by atoms with Gasteiger partial charge in [0.2, 0.25) is 5.91 Å². The van der Waals surface area contributed by atoms with Crippen molar-refractivity contribution in [2.45, 2.75) is 38.6 Å². The van der Waals surface area contributed by atoms with Gasteiger partial charge in [-0.15, -0.1) is 24.8 Å². The lowest BCUT2D eigenvalue weighted by Gasteiger charge is -2.36. The molecule has 6 nitrogen and oxygen atoms in total. The van der Waals surface area contributed by atoms with Crippen LogP contribution in [0.15, 0.2) is 18.6 Å². The molecule has 8 heteroatoms. The largest absolute Gasteiger partial charge is 0.355 e. The fourth-order valence-corrected chi connectivity index (χ4v) is 3.66. The van der Waals surface area contributed by atoms with Gasteiger partial charge in [-0.25, -0.2) is 4.98 Å². The Balaban J connectivity index is 0.00000156. The number of anilines is 1. The average molecular weight is 390 g/mol. The standard InChI is InChI=1S/C17H27N5O.2ClH/c1-2-9-22(15-3-6-18-12-15)17(23)14-4-10-21(11-5-14)16-13-19-7-8-20-16;;/h7-8,13-15,18H,2-6,9-12H2,1H3;2*1H. The number of carbonyl (C=O) groups excluding carboxylic acids is 1. The van der Waals surface area contributed by atoms with E-state index >= 15 is 0 Å². The van der Waals surface area contributed by atoms with Crippen LogP contribution >= 0.6 is 24.8 Å². The second-order valence-electron chi connectivity index (χ2n) is 6.50. The van der Waals surface area contributed by atoms with E-state index in [1.165, 1.54) is 0 Å². The monoisotopic (exact) mass is 389 g/mol. The summed E-state index contributed by atoms with van der Waals surface area (Å²) in [7, 11) is 0. The normalized spacial score (nSPS) is 20.5. The number of hydrogen-bond donors (Lipinski definition) is 1. The molecule has 3 heterocycles. The van der Waals surface area contributed by atoms with E-state index in [2.05, 4.69) is 32.0 Å². The Labute approximate surface area is 162 Å². The van der Waals surface area contributed by atoms with E-state index in [0.29, 0.717) is 11.9 Å². The molecule has 2 fully saturated rings. The zero-order chi connectivity index (χ0) is 16.1. The third-order valence-corrected chi connectivity index (χ3v) is 4.94. The van der Waals surface area contributed by atoms with Crippen LogP contribution in [0.1, 0.15) is 32.6 Å². The second kappa shape index (κ2) is 10.8. The fraction of sp³-hybridized carbons (Fsp3) is 0.706. The number of nitrogens with one attached hydrogen (secondary N) is 1. The summed E-state index contributed by atoms with van der Waals surface area (Å²) in [5, 5.41) is 3.38. The minimum absolute atomic E-state index is 0. The van der Waals surface area contributed by atoms with E-state index < -0.39 is 0 Å². The van der Waals surface area contributed by atoms with Crippen LogP contribution in [-0.4, -0.2) is 59.5 Å². The lowest BCUT2D eigenvalue weighted by molar-refractivity contribution is -0.138. The number of halogens is 2. The third kappa shape index (κ3) is 5.43. The SMILES string of the molecule is CCCN(C(=O)C1CCN(c2cnccn2)CC1)C1CCNC1.Cl.Cl. The predicted octanol–water partition coefficient (Wildman–Crippen LogP) is 2.14. The van der Waals surface area contributed by atoms with Crippen molar-refractivity contribution in [2.75, 3.05) is 37.6 Å². The number of aromatic nitrogens is 2. The maximum Gasteiger partial charge on any atom is 0.226 e. The van der Waals surface area contributed by atoms with E-state index in [1.54, 1.807) is 18.6 Å². The van der Waals surface area contributed by atoms with Gasteiger partial charge in [0.15, 0.2) is 0 Å². The van der Waals surface area contributed by atoms with Gasteiger partial charge in [0.05, 0.1) is 6.20 Å². The zero-order valence-electron chi connectivity index (χ0n) is 14.8. The van der Waals surface area contributed by atoms with Crippen molar-refractivity contribution in [3.8, 4) is 0 Å². The van der Waals surface area contributed by atoms with Crippen molar-refractivity contribution in [2.24, 2.45) is 5.92 Å². The Bertz CT molecular complexity index is 505. The molecule has 2 aliphatic heterocycles. The molecule has 142 valence electrons. The summed E-state index contributed by atoms with van der Waals surface area (Å²) in [4.78, 5) is 25.8. The van der Waals surface area contributed by atoms with Gasteiger partial charge >= 0.3 is 0 Å². The first-order valence-corrected chi connectivity index (χ1v) is 8.81. The molecule has 2 aliphatic rings. The summed E-state index contributed by atoms with van der Waals surface area (Å²) < 4.78 is 0. The topological polar surface area (TPSA) is 61.4 Å². The lowest BCUT2D eigenvalue weighted by atomic mass is 9.94. The first kappa shape index (κ1) is 21.9. The fourth-order valence-electron chi connectivity index (χ4n) is 3.66. The van der Waals surface area contributed by atoms with Crippen LogP contribution in [0.4, 0.5) is 5.82 Å². The van der Waals surface area contributed by atoms with E-state index in [1.807, 2.05) is 0 Å². The number of carbonyl (C=O) groups is 1. The van der Waals surface area contributed by atoms with Crippen molar-refractivity contribution in [3.63, 3.8) is 0 Å². The average Bonchev–Trinajstić information content (AvgIpc) is 3.14. The van der Waals surface area contributed by atoms with Crippen molar-refractivity contribution >= 4 is 36.5 Å². The summed E-state index contributed by atoms with van der Waals surface area (Å²) in [5.74, 6) is 1.44. The summed E-state index contributed by atoms with van der Waals surface area (Å²) in [6, 6.07) is 0.389. The summed E-state index contributed by atoms with van der Waals surface area (Å²) >= 11 is 0. The molecular formula is C17H29Cl2N5O. The molecule has 1 unspecified atom stereocenters. The van der Waals surface area contributed by atoms with Crippen LogP contribution in [0.3, 0.4) is 0 Å². The Kier molecular flexibility index (Phi) is 9.46. The van der Waals surface area contributed by atoms with Gasteiger partial charge in [0.25, 0.3) is 0 Å². The highest BCUT2D eigenvalue weighted by atomic mass is 35.5. The Morgan fingerprint density at radius 1 is 1.28 bits per heavy atom. The van der Waals surface area contributed by atoms with Crippen LogP contribution < -0.4 is 10.2 Å². The molecule has 1 N–H and O–H groups in total. The van der Waals surface area contributed by atoms with Gasteiger partial charge in [-0.2, -0.15) is 0 Å². The Morgan fingerprint density at radius 3 is 2.60 bits per heavy atom. The van der Waals surface area contributed by atoms with E-state index in [9.17, 15) is 4.79 Å². The molecule has 0 bridgehead atoms. The van der Waals surface area contributed by atoms with Gasteiger partial charge in [-0.1, -0.05) is 6.92 Å². The van der Waals surface area contributed by atoms with Crippen LogP contribution in [-0.2, 0) is 4.79 Å². The molecule has 25 heavy (non-hydrogen) atoms. The van der Waals surface area contributed by atoms with E-state index in [-0.39, 0.29) is 30.7 Å². The lowest BCUT2D eigenvalue weighted by Crippen LogP contribution is -2.48. The molecule has 3 rings (SSSR count). The molecule has 1 amide bonds. The van der Waals surface area contributed by atoms with Gasteiger partial charge < -0.3 is 15.1 Å². The number of rotatable bonds is 5. The molecule has 0 saturated carbocycles. The Morgan fingerprint density at radius 2 is 2.04 bits per heavy atom. The Hall–Kier alpha value is -1.11. The zero-order valence-corrected chi connectivity index (χ0v) is 16.4. The van der Waals surface area contributed by atoms with Gasteiger partial charge in [0, 0.05) is 50.5 Å². The highest BCUT2D eigenvalue weighted by molar-refractivity contribution is 5.85. The molecule has 0 spiro atoms. The highest BCUT2D eigenvalue weighted by Gasteiger charge is 2.33. The second-order valence-corrected chi connectivity index (χ2v) is 6.50. The van der Waals surface area contributed by atoms with Crippen molar-refractivity contribution in [1.29, 1.82) is 0 Å². The van der Waals surface area contributed by atoms with Crippen molar-refractivity contribution in [3.05, 3.63) is 18.6 Å². The third-order valence-electron chi connectivity index (χ3n) is 4.94. The number of hydrogen-bond acceptors (Lipinski definition) is 5. The van der Waals surface area contributed by atoms with E-state index in [4.69, 9.17) is 0 Å². The van der Waals surface area contributed by atoms with Crippen LogP contribution in [0.25, 0.3) is 0 Å². The van der Waals surface area contributed by atoms with Crippen molar-refractivity contribution in [1.82, 2.24) is 20.2 Å². The first-order chi connectivity index (χ1) is 11.3. The molecule has 2 saturated heterocycles. The van der Waals surface area contributed by atoms with Crippen molar-refractivity contribution < 1.29 is 4.79 Å². The number of amides is 1. The quantitative estimate of drug-likeness (QED) is 0.835. The minimum atomic E-state index is 0. The molecule has 1 aromatic heterocycles. The molecule has 0 aromatic carbocycles. The summed E-state index contributed by atoms with van der Waals surface area (Å²) in [5.41, 5.74) is 0. The summed E-state index contributed by atoms with van der Waals surface area (Å²) in [6.45, 7) is 6.79. The van der Waals surface area contributed by atoms with Crippen LogP contribution in [0.5, 0.6) is 0 Å². The highest BCUT2D eigenvalue weighted by Crippen LogP contribution is 2.24. The van der Waals surface area contributed by atoms with Crippen LogP contribution in [0.2, 0.25) is 0 Å². The molecule has 1 aromatic rings. The smallest absolute Gasteiger partial charge is 0.226 e. The van der Waals surface area contributed by atoms with Gasteiger partial charge in [-0.3, -0.25) is 9.78 Å². The van der Waals surface area contributed by atoms with Gasteiger partial charge in [0.1, 0.15) is 5.82 Å². The maximum atomic E-state index is 13.0. The van der Waals surface area contributed by atoms with Crippen LogP contribution in [0, 0.1) is 5.92 Å². The van der Waals surface area contributed by atoms with E-state index in [0.717, 1.165) is 64.2 Å². The molecule has 0 radical (unpaired) electrons. The number of piperidine rings is 1.